The van der Waals surface area contributed by atoms with Crippen LogP contribution < -0.4 is 14.8 Å². The standard InChI is InChI=1S/C20H23NO5/c1-12-9-16(10-13(2)19(12)25-4)20(24)21-14(3)15-5-7-17(8-6-15)26-11-18(22)23/h5-10,14H,11H2,1-4H3,(H,21,24)(H,22,23). The van der Waals surface area contributed by atoms with Crippen molar-refractivity contribution in [3.8, 4) is 11.5 Å². The molecule has 2 N–H and O–H groups in total. The summed E-state index contributed by atoms with van der Waals surface area (Å²) in [5.74, 6) is 0.0555. The zero-order valence-corrected chi connectivity index (χ0v) is 15.3. The van der Waals surface area contributed by atoms with Crippen LogP contribution in [0.2, 0.25) is 0 Å². The van der Waals surface area contributed by atoms with E-state index in [0.717, 1.165) is 22.4 Å². The van der Waals surface area contributed by atoms with Crippen LogP contribution in [0.3, 0.4) is 0 Å². The van der Waals surface area contributed by atoms with Crippen LogP contribution in [-0.2, 0) is 4.79 Å². The fourth-order valence-corrected chi connectivity index (χ4v) is 2.76. The fourth-order valence-electron chi connectivity index (χ4n) is 2.76. The first kappa shape index (κ1) is 19.3. The highest BCUT2D eigenvalue weighted by Gasteiger charge is 2.14. The lowest BCUT2D eigenvalue weighted by Gasteiger charge is -2.16. The molecule has 0 aliphatic rings. The van der Waals surface area contributed by atoms with Gasteiger partial charge in [-0.25, -0.2) is 4.79 Å². The lowest BCUT2D eigenvalue weighted by Crippen LogP contribution is -2.26. The molecule has 0 aliphatic carbocycles. The Hall–Kier alpha value is -3.02. The summed E-state index contributed by atoms with van der Waals surface area (Å²) in [4.78, 5) is 23.0. The molecule has 1 atom stereocenters. The van der Waals surface area contributed by atoms with Gasteiger partial charge in [-0.2, -0.15) is 0 Å². The average Bonchev–Trinajstić information content (AvgIpc) is 2.60. The molecule has 0 spiro atoms. The van der Waals surface area contributed by atoms with E-state index in [4.69, 9.17) is 14.6 Å². The number of hydrogen-bond acceptors (Lipinski definition) is 4. The first-order valence-electron chi connectivity index (χ1n) is 8.22. The van der Waals surface area contributed by atoms with Crippen molar-refractivity contribution < 1.29 is 24.2 Å². The number of amides is 1. The third-order valence-corrected chi connectivity index (χ3v) is 4.02. The van der Waals surface area contributed by atoms with E-state index in [1.165, 1.54) is 0 Å². The molecule has 2 aromatic carbocycles. The lowest BCUT2D eigenvalue weighted by atomic mass is 10.0. The van der Waals surface area contributed by atoms with Crippen molar-refractivity contribution in [2.75, 3.05) is 13.7 Å². The fraction of sp³-hybridized carbons (Fsp3) is 0.300. The largest absolute Gasteiger partial charge is 0.496 e. The van der Waals surface area contributed by atoms with E-state index in [2.05, 4.69) is 5.32 Å². The minimum absolute atomic E-state index is 0.169. The quantitative estimate of drug-likeness (QED) is 0.794. The predicted molar refractivity (Wildman–Crippen MR) is 97.9 cm³/mol. The van der Waals surface area contributed by atoms with Gasteiger partial charge in [0, 0.05) is 5.56 Å². The molecule has 1 amide bonds. The van der Waals surface area contributed by atoms with Crippen LogP contribution in [0.1, 0.15) is 40.0 Å². The number of ether oxygens (including phenoxy) is 2. The number of nitrogens with one attached hydrogen (secondary N) is 1. The minimum Gasteiger partial charge on any atom is -0.496 e. The van der Waals surface area contributed by atoms with E-state index >= 15 is 0 Å². The topological polar surface area (TPSA) is 84.9 Å². The highest BCUT2D eigenvalue weighted by Crippen LogP contribution is 2.25. The molecule has 0 saturated heterocycles. The second-order valence-electron chi connectivity index (χ2n) is 6.09. The van der Waals surface area contributed by atoms with Crippen LogP contribution in [0.15, 0.2) is 36.4 Å². The molecule has 6 nitrogen and oxygen atoms in total. The maximum atomic E-state index is 12.5. The van der Waals surface area contributed by atoms with Gasteiger partial charge in [-0.05, 0) is 61.7 Å². The van der Waals surface area contributed by atoms with Gasteiger partial charge in [0.2, 0.25) is 0 Å². The van der Waals surface area contributed by atoms with Crippen LogP contribution in [0.4, 0.5) is 0 Å². The Bertz CT molecular complexity index is 775. The number of aliphatic carboxylic acids is 1. The molecule has 0 bridgehead atoms. The number of methoxy groups -OCH3 is 1. The monoisotopic (exact) mass is 357 g/mol. The van der Waals surface area contributed by atoms with Crippen molar-refractivity contribution in [3.63, 3.8) is 0 Å². The van der Waals surface area contributed by atoms with Crippen molar-refractivity contribution in [3.05, 3.63) is 58.7 Å². The third kappa shape index (κ3) is 4.75. The van der Waals surface area contributed by atoms with Gasteiger partial charge in [-0.3, -0.25) is 4.79 Å². The third-order valence-electron chi connectivity index (χ3n) is 4.02. The Morgan fingerprint density at radius 2 is 1.69 bits per heavy atom. The first-order chi connectivity index (χ1) is 12.3. The maximum Gasteiger partial charge on any atom is 0.341 e. The molecule has 2 aromatic rings. The van der Waals surface area contributed by atoms with Gasteiger partial charge < -0.3 is 19.9 Å². The zero-order chi connectivity index (χ0) is 19.3. The van der Waals surface area contributed by atoms with E-state index in [9.17, 15) is 9.59 Å². The van der Waals surface area contributed by atoms with E-state index in [1.54, 1.807) is 43.5 Å². The summed E-state index contributed by atoms with van der Waals surface area (Å²) >= 11 is 0. The minimum atomic E-state index is -1.03. The number of carbonyl (C=O) groups excluding carboxylic acids is 1. The summed E-state index contributed by atoms with van der Waals surface area (Å²) < 4.78 is 10.4. The van der Waals surface area contributed by atoms with Crippen molar-refractivity contribution in [1.82, 2.24) is 5.32 Å². The molecular formula is C20H23NO5. The maximum absolute atomic E-state index is 12.5. The molecule has 0 heterocycles. The van der Waals surface area contributed by atoms with Gasteiger partial charge in [-0.1, -0.05) is 12.1 Å². The number of hydrogen-bond donors (Lipinski definition) is 2. The molecule has 0 radical (unpaired) electrons. The molecule has 26 heavy (non-hydrogen) atoms. The SMILES string of the molecule is COc1c(C)cc(C(=O)NC(C)c2ccc(OCC(=O)O)cc2)cc1C. The van der Waals surface area contributed by atoms with Crippen LogP contribution in [0.5, 0.6) is 11.5 Å². The van der Waals surface area contributed by atoms with Gasteiger partial charge in [0.15, 0.2) is 6.61 Å². The molecule has 2 rings (SSSR count). The van der Waals surface area contributed by atoms with Gasteiger partial charge in [0.1, 0.15) is 11.5 Å². The van der Waals surface area contributed by atoms with Crippen molar-refractivity contribution >= 4 is 11.9 Å². The number of carbonyl (C=O) groups is 2. The van der Waals surface area contributed by atoms with Gasteiger partial charge >= 0.3 is 5.97 Å². The van der Waals surface area contributed by atoms with Crippen LogP contribution in [0.25, 0.3) is 0 Å². The summed E-state index contributed by atoms with van der Waals surface area (Å²) in [7, 11) is 1.61. The Morgan fingerprint density at radius 3 is 2.19 bits per heavy atom. The summed E-state index contributed by atoms with van der Waals surface area (Å²) in [5.41, 5.74) is 3.28. The molecule has 0 saturated carbocycles. The lowest BCUT2D eigenvalue weighted by molar-refractivity contribution is -0.139. The van der Waals surface area contributed by atoms with E-state index in [-0.39, 0.29) is 18.6 Å². The number of carboxylic acid groups (broad SMARTS) is 1. The molecule has 138 valence electrons. The van der Waals surface area contributed by atoms with Crippen molar-refractivity contribution in [2.45, 2.75) is 26.8 Å². The Labute approximate surface area is 152 Å². The molecule has 0 aliphatic heterocycles. The summed E-state index contributed by atoms with van der Waals surface area (Å²) in [5, 5.41) is 11.6. The Morgan fingerprint density at radius 1 is 1.12 bits per heavy atom. The van der Waals surface area contributed by atoms with Gasteiger partial charge in [0.25, 0.3) is 5.91 Å². The molecule has 0 aromatic heterocycles. The summed E-state index contributed by atoms with van der Waals surface area (Å²) in [6, 6.07) is 10.4. The van der Waals surface area contributed by atoms with Crippen molar-refractivity contribution in [2.24, 2.45) is 0 Å². The first-order valence-corrected chi connectivity index (χ1v) is 8.22. The highest BCUT2D eigenvalue weighted by molar-refractivity contribution is 5.95. The number of rotatable bonds is 7. The summed E-state index contributed by atoms with van der Waals surface area (Å²) in [6.07, 6.45) is 0. The molecule has 1 unspecified atom stereocenters. The molecular weight excluding hydrogens is 334 g/mol. The zero-order valence-electron chi connectivity index (χ0n) is 15.3. The second-order valence-corrected chi connectivity index (χ2v) is 6.09. The second kappa shape index (κ2) is 8.38. The molecule has 6 heteroatoms. The Kier molecular flexibility index (Phi) is 6.22. The van der Waals surface area contributed by atoms with Gasteiger partial charge in [-0.15, -0.1) is 0 Å². The normalized spacial score (nSPS) is 11.5. The smallest absolute Gasteiger partial charge is 0.341 e. The van der Waals surface area contributed by atoms with Crippen LogP contribution >= 0.6 is 0 Å². The summed E-state index contributed by atoms with van der Waals surface area (Å²) in [6.45, 7) is 5.31. The van der Waals surface area contributed by atoms with Crippen LogP contribution in [0, 0.1) is 13.8 Å². The predicted octanol–water partition coefficient (Wildman–Crippen LogP) is 3.27. The number of benzene rings is 2. The number of aryl methyl sites for hydroxylation is 2. The van der Waals surface area contributed by atoms with E-state index < -0.39 is 5.97 Å². The average molecular weight is 357 g/mol. The van der Waals surface area contributed by atoms with E-state index in [1.807, 2.05) is 20.8 Å². The highest BCUT2D eigenvalue weighted by atomic mass is 16.5. The number of carboxylic acids is 1. The van der Waals surface area contributed by atoms with Crippen molar-refractivity contribution in [1.29, 1.82) is 0 Å². The Balaban J connectivity index is 2.06. The van der Waals surface area contributed by atoms with Gasteiger partial charge in [0.05, 0.1) is 13.2 Å². The van der Waals surface area contributed by atoms with Crippen LogP contribution in [-0.4, -0.2) is 30.7 Å². The molecule has 0 fully saturated rings. The van der Waals surface area contributed by atoms with E-state index in [0.29, 0.717) is 11.3 Å².